The van der Waals surface area contributed by atoms with Crippen LogP contribution in [0.4, 0.5) is 0 Å². The third-order valence-electron chi connectivity index (χ3n) is 4.85. The van der Waals surface area contributed by atoms with Gasteiger partial charge in [-0.3, -0.25) is 4.79 Å². The average molecular weight is 339 g/mol. The molecule has 2 atom stereocenters. The van der Waals surface area contributed by atoms with Gasteiger partial charge in [-0.1, -0.05) is 64.0 Å². The Labute approximate surface area is 149 Å². The van der Waals surface area contributed by atoms with Crippen molar-refractivity contribution < 1.29 is 14.3 Å². The van der Waals surface area contributed by atoms with Crippen LogP contribution in [0, 0.1) is 0 Å². The van der Waals surface area contributed by atoms with Crippen molar-refractivity contribution in [3.05, 3.63) is 12.2 Å². The molecule has 0 aromatic rings. The van der Waals surface area contributed by atoms with Gasteiger partial charge in [0, 0.05) is 6.42 Å². The molecular formula is C21H38O3. The highest BCUT2D eigenvalue weighted by atomic mass is 16.6. The van der Waals surface area contributed by atoms with E-state index in [2.05, 4.69) is 23.8 Å². The molecule has 24 heavy (non-hydrogen) atoms. The summed E-state index contributed by atoms with van der Waals surface area (Å²) in [6.07, 6.45) is 22.7. The maximum absolute atomic E-state index is 10.9. The van der Waals surface area contributed by atoms with E-state index in [4.69, 9.17) is 4.74 Å². The quantitative estimate of drug-likeness (QED) is 0.151. The van der Waals surface area contributed by atoms with Crippen LogP contribution in [0.15, 0.2) is 12.2 Å². The van der Waals surface area contributed by atoms with Crippen LogP contribution in [0.25, 0.3) is 0 Å². The Morgan fingerprint density at radius 3 is 2.04 bits per heavy atom. The normalized spacial score (nSPS) is 19.8. The molecule has 0 N–H and O–H groups in total. The van der Waals surface area contributed by atoms with Gasteiger partial charge in [0.05, 0.1) is 19.3 Å². The van der Waals surface area contributed by atoms with Crippen molar-refractivity contribution in [2.45, 2.75) is 109 Å². The fourth-order valence-electron chi connectivity index (χ4n) is 3.16. The number of rotatable bonds is 16. The van der Waals surface area contributed by atoms with Crippen molar-refractivity contribution in [3.63, 3.8) is 0 Å². The molecule has 1 rings (SSSR count). The van der Waals surface area contributed by atoms with E-state index in [1.165, 1.54) is 77.7 Å². The third kappa shape index (κ3) is 11.7. The molecule has 3 heteroatoms. The van der Waals surface area contributed by atoms with Crippen molar-refractivity contribution >= 4 is 5.97 Å². The molecule has 1 heterocycles. The number of carbonyl (C=O) groups is 1. The predicted molar refractivity (Wildman–Crippen MR) is 100 cm³/mol. The zero-order valence-electron chi connectivity index (χ0n) is 15.9. The Hall–Kier alpha value is -0.830. The molecule has 0 aromatic carbocycles. The first-order chi connectivity index (χ1) is 11.8. The number of epoxide rings is 1. The number of allylic oxidation sites excluding steroid dienone is 2. The zero-order chi connectivity index (χ0) is 17.5. The van der Waals surface area contributed by atoms with Crippen molar-refractivity contribution in [1.82, 2.24) is 0 Å². The van der Waals surface area contributed by atoms with Crippen LogP contribution in [0.5, 0.6) is 0 Å². The van der Waals surface area contributed by atoms with E-state index in [1.807, 2.05) is 0 Å². The highest BCUT2D eigenvalue weighted by Crippen LogP contribution is 2.29. The van der Waals surface area contributed by atoms with Crippen LogP contribution in [0.3, 0.4) is 0 Å². The van der Waals surface area contributed by atoms with E-state index < -0.39 is 0 Å². The largest absolute Gasteiger partial charge is 0.469 e. The number of ether oxygens (including phenoxy) is 2. The number of carbonyl (C=O) groups excluding carboxylic acids is 1. The number of hydrogen-bond donors (Lipinski definition) is 0. The molecule has 1 aliphatic heterocycles. The molecule has 0 aromatic heterocycles. The van der Waals surface area contributed by atoms with Crippen LogP contribution in [0.1, 0.15) is 96.8 Å². The Balaban J connectivity index is 1.71. The molecule has 0 radical (unpaired) electrons. The second-order valence-corrected chi connectivity index (χ2v) is 6.97. The Bertz CT molecular complexity index is 338. The second-order valence-electron chi connectivity index (χ2n) is 6.97. The van der Waals surface area contributed by atoms with Gasteiger partial charge in [-0.05, 0) is 38.5 Å². The fraction of sp³-hybridized carbons (Fsp3) is 0.857. The molecule has 3 nitrogen and oxygen atoms in total. The second kappa shape index (κ2) is 14.5. The minimum atomic E-state index is -0.102. The van der Waals surface area contributed by atoms with Gasteiger partial charge in [0.15, 0.2) is 0 Å². The van der Waals surface area contributed by atoms with Crippen LogP contribution in [-0.4, -0.2) is 25.3 Å². The molecule has 140 valence electrons. The van der Waals surface area contributed by atoms with Crippen LogP contribution in [-0.2, 0) is 14.3 Å². The lowest BCUT2D eigenvalue weighted by molar-refractivity contribution is -0.140. The molecule has 0 bridgehead atoms. The van der Waals surface area contributed by atoms with Gasteiger partial charge in [0.25, 0.3) is 0 Å². The van der Waals surface area contributed by atoms with E-state index in [0.717, 1.165) is 12.8 Å². The molecule has 1 aliphatic rings. The van der Waals surface area contributed by atoms with Gasteiger partial charge in [0.2, 0.25) is 0 Å². The summed E-state index contributed by atoms with van der Waals surface area (Å²) >= 11 is 0. The standard InChI is InChI=1S/C21H38O3/c1-3-19-20(24-19)17-15-13-11-9-7-5-4-6-8-10-12-14-16-18-21(22)23-2/h10,12,19-20H,3-9,11,13-18H2,1-2H3/b12-10-/t19-,20+/m1/s1. The maximum atomic E-state index is 10.9. The topological polar surface area (TPSA) is 38.8 Å². The molecule has 0 aliphatic carbocycles. The van der Waals surface area contributed by atoms with Crippen molar-refractivity contribution in [2.24, 2.45) is 0 Å². The summed E-state index contributed by atoms with van der Waals surface area (Å²) in [6, 6.07) is 0. The van der Waals surface area contributed by atoms with Crippen molar-refractivity contribution in [1.29, 1.82) is 0 Å². The highest BCUT2D eigenvalue weighted by Gasteiger charge is 2.35. The van der Waals surface area contributed by atoms with Crippen LogP contribution >= 0.6 is 0 Å². The molecule has 0 saturated carbocycles. The summed E-state index contributed by atoms with van der Waals surface area (Å²) < 4.78 is 10.2. The lowest BCUT2D eigenvalue weighted by atomic mass is 10.0. The molecular weight excluding hydrogens is 300 g/mol. The smallest absolute Gasteiger partial charge is 0.305 e. The average Bonchev–Trinajstić information content (AvgIpc) is 3.36. The van der Waals surface area contributed by atoms with Crippen molar-refractivity contribution in [2.75, 3.05) is 7.11 Å². The first kappa shape index (κ1) is 21.2. The number of methoxy groups -OCH3 is 1. The number of hydrogen-bond acceptors (Lipinski definition) is 3. The van der Waals surface area contributed by atoms with Gasteiger partial charge in [-0.25, -0.2) is 0 Å². The predicted octanol–water partition coefficient (Wildman–Crippen LogP) is 5.96. The van der Waals surface area contributed by atoms with Gasteiger partial charge in [-0.2, -0.15) is 0 Å². The molecule has 1 fully saturated rings. The lowest BCUT2D eigenvalue weighted by Gasteiger charge is -2.01. The van der Waals surface area contributed by atoms with E-state index in [9.17, 15) is 4.79 Å². The summed E-state index contributed by atoms with van der Waals surface area (Å²) in [7, 11) is 1.45. The third-order valence-corrected chi connectivity index (χ3v) is 4.85. The first-order valence-corrected chi connectivity index (χ1v) is 10.1. The van der Waals surface area contributed by atoms with E-state index in [0.29, 0.717) is 18.6 Å². The summed E-state index contributed by atoms with van der Waals surface area (Å²) in [5.74, 6) is -0.102. The Morgan fingerprint density at radius 2 is 1.46 bits per heavy atom. The SMILES string of the molecule is CC[C@H]1O[C@H]1CCCCCCCCCC/C=C\CCCC(=O)OC. The van der Waals surface area contributed by atoms with Gasteiger partial charge in [0.1, 0.15) is 0 Å². The van der Waals surface area contributed by atoms with E-state index >= 15 is 0 Å². The summed E-state index contributed by atoms with van der Waals surface area (Å²) in [5, 5.41) is 0. The highest BCUT2D eigenvalue weighted by molar-refractivity contribution is 5.68. The first-order valence-electron chi connectivity index (χ1n) is 10.1. The molecule has 1 saturated heterocycles. The Kier molecular flexibility index (Phi) is 12.8. The summed E-state index contributed by atoms with van der Waals surface area (Å²) in [4.78, 5) is 10.9. The fourth-order valence-corrected chi connectivity index (χ4v) is 3.16. The van der Waals surface area contributed by atoms with Gasteiger partial charge < -0.3 is 9.47 Å². The maximum Gasteiger partial charge on any atom is 0.305 e. The minimum absolute atomic E-state index is 0.102. The van der Waals surface area contributed by atoms with Gasteiger partial charge >= 0.3 is 5.97 Å². The number of esters is 1. The zero-order valence-corrected chi connectivity index (χ0v) is 15.9. The van der Waals surface area contributed by atoms with Gasteiger partial charge in [-0.15, -0.1) is 0 Å². The van der Waals surface area contributed by atoms with Crippen molar-refractivity contribution in [3.8, 4) is 0 Å². The number of unbranched alkanes of at least 4 members (excludes halogenated alkanes) is 9. The molecule has 0 unspecified atom stereocenters. The van der Waals surface area contributed by atoms with E-state index in [-0.39, 0.29) is 5.97 Å². The van der Waals surface area contributed by atoms with Crippen LogP contribution in [0.2, 0.25) is 0 Å². The molecule has 0 spiro atoms. The Morgan fingerprint density at radius 1 is 0.875 bits per heavy atom. The van der Waals surface area contributed by atoms with E-state index in [1.54, 1.807) is 0 Å². The monoisotopic (exact) mass is 338 g/mol. The summed E-state index contributed by atoms with van der Waals surface area (Å²) in [6.45, 7) is 2.21. The lowest BCUT2D eigenvalue weighted by Crippen LogP contribution is -1.98. The minimum Gasteiger partial charge on any atom is -0.469 e. The van der Waals surface area contributed by atoms with Crippen LogP contribution < -0.4 is 0 Å². The summed E-state index contributed by atoms with van der Waals surface area (Å²) in [5.41, 5.74) is 0. The molecule has 0 amide bonds.